The highest BCUT2D eigenvalue weighted by Gasteiger charge is 2.14. The number of carbonyl (C=O) groups excluding carboxylic acids is 1. The van der Waals surface area contributed by atoms with Crippen LogP contribution >= 0.6 is 23.2 Å². The highest BCUT2D eigenvalue weighted by molar-refractivity contribution is 6.36. The van der Waals surface area contributed by atoms with E-state index < -0.39 is 5.91 Å². The number of fused-ring (bicyclic) bond motifs is 1. The summed E-state index contributed by atoms with van der Waals surface area (Å²) in [6, 6.07) is 6.81. The maximum absolute atomic E-state index is 12.1. The molecule has 0 bridgehead atoms. The summed E-state index contributed by atoms with van der Waals surface area (Å²) < 4.78 is 1.50. The van der Waals surface area contributed by atoms with E-state index in [0.29, 0.717) is 21.4 Å². The third kappa shape index (κ3) is 3.37. The predicted molar refractivity (Wildman–Crippen MR) is 91.8 cm³/mol. The molecule has 7 nitrogen and oxygen atoms in total. The van der Waals surface area contributed by atoms with Gasteiger partial charge in [-0.2, -0.15) is 10.1 Å². The Labute approximate surface area is 147 Å². The zero-order valence-corrected chi connectivity index (χ0v) is 14.3. The minimum atomic E-state index is -0.543. The van der Waals surface area contributed by atoms with Crippen LogP contribution in [0.3, 0.4) is 0 Å². The van der Waals surface area contributed by atoms with E-state index in [1.54, 1.807) is 18.2 Å². The summed E-state index contributed by atoms with van der Waals surface area (Å²) in [6.07, 6.45) is 1.42. The van der Waals surface area contributed by atoms with E-state index in [1.807, 2.05) is 19.9 Å². The number of hydrazone groups is 1. The second-order valence-electron chi connectivity index (χ2n) is 5.05. The van der Waals surface area contributed by atoms with Crippen LogP contribution < -0.4 is 5.43 Å². The molecular weight excluding hydrogens is 351 g/mol. The molecule has 0 aliphatic rings. The van der Waals surface area contributed by atoms with Gasteiger partial charge in [-0.05, 0) is 32.0 Å². The van der Waals surface area contributed by atoms with Gasteiger partial charge in [-0.3, -0.25) is 4.79 Å². The van der Waals surface area contributed by atoms with E-state index in [1.165, 1.54) is 10.7 Å². The molecule has 2 heterocycles. The molecule has 3 rings (SSSR count). The largest absolute Gasteiger partial charge is 0.311 e. The van der Waals surface area contributed by atoms with Crippen molar-refractivity contribution in [1.82, 2.24) is 25.0 Å². The normalized spacial score (nSPS) is 11.3. The Hall–Kier alpha value is -2.51. The van der Waals surface area contributed by atoms with Gasteiger partial charge in [-0.25, -0.2) is 14.9 Å². The number of nitrogens with one attached hydrogen (secondary N) is 1. The first-order valence-electron chi connectivity index (χ1n) is 6.93. The second-order valence-corrected chi connectivity index (χ2v) is 5.89. The van der Waals surface area contributed by atoms with Crippen molar-refractivity contribution in [2.75, 3.05) is 0 Å². The molecule has 0 aliphatic heterocycles. The van der Waals surface area contributed by atoms with Gasteiger partial charge < -0.3 is 0 Å². The zero-order chi connectivity index (χ0) is 17.3. The predicted octanol–water partition coefficient (Wildman–Crippen LogP) is 2.81. The fraction of sp³-hybridized carbons (Fsp3) is 0.133. The molecule has 1 aromatic carbocycles. The topological polar surface area (TPSA) is 84.5 Å². The first-order valence-corrected chi connectivity index (χ1v) is 7.69. The lowest BCUT2D eigenvalue weighted by atomic mass is 10.2. The van der Waals surface area contributed by atoms with Crippen LogP contribution in [-0.2, 0) is 0 Å². The Morgan fingerprint density at radius 2 is 2.04 bits per heavy atom. The van der Waals surface area contributed by atoms with E-state index in [4.69, 9.17) is 23.2 Å². The van der Waals surface area contributed by atoms with Crippen LogP contribution in [0.4, 0.5) is 0 Å². The summed E-state index contributed by atoms with van der Waals surface area (Å²) in [5, 5.41) is 8.93. The van der Waals surface area contributed by atoms with Gasteiger partial charge in [0.15, 0.2) is 0 Å². The molecule has 0 saturated heterocycles. The van der Waals surface area contributed by atoms with Crippen LogP contribution in [0.2, 0.25) is 10.0 Å². The van der Waals surface area contributed by atoms with Crippen LogP contribution in [0.15, 0.2) is 29.4 Å². The van der Waals surface area contributed by atoms with E-state index in [9.17, 15) is 4.79 Å². The van der Waals surface area contributed by atoms with E-state index in [0.717, 1.165) is 11.4 Å². The summed E-state index contributed by atoms with van der Waals surface area (Å²) in [7, 11) is 0. The highest BCUT2D eigenvalue weighted by Crippen LogP contribution is 2.19. The number of aryl methyl sites for hydroxylation is 2. The number of rotatable bonds is 3. The van der Waals surface area contributed by atoms with Crippen molar-refractivity contribution in [1.29, 1.82) is 0 Å². The first-order chi connectivity index (χ1) is 11.4. The number of hydrogen-bond donors (Lipinski definition) is 1. The fourth-order valence-corrected chi connectivity index (χ4v) is 2.54. The Morgan fingerprint density at radius 1 is 1.25 bits per heavy atom. The molecule has 9 heteroatoms. The van der Waals surface area contributed by atoms with Gasteiger partial charge >= 0.3 is 5.91 Å². The van der Waals surface area contributed by atoms with Crippen molar-refractivity contribution in [2.24, 2.45) is 5.10 Å². The van der Waals surface area contributed by atoms with Crippen molar-refractivity contribution >= 4 is 41.1 Å². The van der Waals surface area contributed by atoms with E-state index in [-0.39, 0.29) is 5.82 Å². The van der Waals surface area contributed by atoms with Gasteiger partial charge in [0.25, 0.3) is 5.78 Å². The molecule has 24 heavy (non-hydrogen) atoms. The third-order valence-electron chi connectivity index (χ3n) is 3.15. The average molecular weight is 363 g/mol. The van der Waals surface area contributed by atoms with Crippen LogP contribution in [0.5, 0.6) is 0 Å². The number of benzene rings is 1. The average Bonchev–Trinajstić information content (AvgIpc) is 2.93. The number of aromatic nitrogens is 4. The van der Waals surface area contributed by atoms with Gasteiger partial charge in [0, 0.05) is 22.0 Å². The quantitative estimate of drug-likeness (QED) is 0.573. The van der Waals surface area contributed by atoms with Crippen molar-refractivity contribution in [2.45, 2.75) is 13.8 Å². The Kier molecular flexibility index (Phi) is 4.46. The Balaban J connectivity index is 1.77. The molecule has 0 unspecified atom stereocenters. The van der Waals surface area contributed by atoms with Crippen molar-refractivity contribution in [3.8, 4) is 0 Å². The van der Waals surface area contributed by atoms with Crippen molar-refractivity contribution in [3.63, 3.8) is 0 Å². The molecule has 3 aromatic rings. The molecule has 0 radical (unpaired) electrons. The molecular formula is C15H12Cl2N6O. The number of halogens is 2. The fourth-order valence-electron chi connectivity index (χ4n) is 2.08. The van der Waals surface area contributed by atoms with Crippen LogP contribution in [-0.4, -0.2) is 31.7 Å². The smallest absolute Gasteiger partial charge is 0.264 e. The molecule has 0 atom stereocenters. The summed E-state index contributed by atoms with van der Waals surface area (Å²) in [5.74, 6) is -0.197. The number of carbonyl (C=O) groups is 1. The summed E-state index contributed by atoms with van der Waals surface area (Å²) in [4.78, 5) is 20.4. The van der Waals surface area contributed by atoms with Gasteiger partial charge in [-0.1, -0.05) is 29.3 Å². The minimum Gasteiger partial charge on any atom is -0.264 e. The molecule has 0 saturated carbocycles. The van der Waals surface area contributed by atoms with Crippen molar-refractivity contribution < 1.29 is 4.79 Å². The van der Waals surface area contributed by atoms with E-state index in [2.05, 4.69) is 25.6 Å². The van der Waals surface area contributed by atoms with Gasteiger partial charge in [0.05, 0.1) is 11.2 Å². The lowest BCUT2D eigenvalue weighted by Gasteiger charge is -1.98. The molecule has 0 spiro atoms. The van der Waals surface area contributed by atoms with Gasteiger partial charge in [0.1, 0.15) is 0 Å². The Bertz CT molecular complexity index is 966. The van der Waals surface area contributed by atoms with Crippen LogP contribution in [0.25, 0.3) is 5.78 Å². The number of amides is 1. The van der Waals surface area contributed by atoms with Gasteiger partial charge in [0.2, 0.25) is 5.82 Å². The third-order valence-corrected chi connectivity index (χ3v) is 3.72. The van der Waals surface area contributed by atoms with Crippen LogP contribution in [0, 0.1) is 13.8 Å². The monoisotopic (exact) mass is 362 g/mol. The molecule has 0 aliphatic carbocycles. The lowest BCUT2D eigenvalue weighted by Crippen LogP contribution is -2.19. The first kappa shape index (κ1) is 16.4. The summed E-state index contributed by atoms with van der Waals surface area (Å²) in [6.45, 7) is 3.71. The second kappa shape index (κ2) is 6.54. The maximum Gasteiger partial charge on any atom is 0.311 e. The molecule has 1 amide bonds. The maximum atomic E-state index is 12.1. The zero-order valence-electron chi connectivity index (χ0n) is 12.8. The Morgan fingerprint density at radius 3 is 2.79 bits per heavy atom. The van der Waals surface area contributed by atoms with Gasteiger partial charge in [-0.15, -0.1) is 5.10 Å². The minimum absolute atomic E-state index is 0.0180. The number of hydrogen-bond acceptors (Lipinski definition) is 5. The molecule has 0 fully saturated rings. The summed E-state index contributed by atoms with van der Waals surface area (Å²) >= 11 is 11.8. The highest BCUT2D eigenvalue weighted by atomic mass is 35.5. The van der Waals surface area contributed by atoms with Crippen molar-refractivity contribution in [3.05, 3.63) is 57.1 Å². The number of nitrogens with zero attached hydrogens (tertiary/aromatic N) is 5. The SMILES string of the molecule is Cc1cc(C)n2nc(C(=O)NN=Cc3ccc(Cl)cc3Cl)nc2n1. The molecule has 2 aromatic heterocycles. The summed E-state index contributed by atoms with van der Waals surface area (Å²) in [5.41, 5.74) is 4.61. The molecule has 1 N–H and O–H groups in total. The standard InChI is InChI=1S/C15H12Cl2N6O/c1-8-5-9(2)23-15(19-8)20-13(22-23)14(24)21-18-7-10-3-4-11(16)6-12(10)17/h3-7H,1-2H3,(H,21,24). The van der Waals surface area contributed by atoms with E-state index >= 15 is 0 Å². The van der Waals surface area contributed by atoms with Crippen LogP contribution in [0.1, 0.15) is 27.6 Å². The lowest BCUT2D eigenvalue weighted by molar-refractivity contribution is 0.0945. The molecule has 122 valence electrons.